The van der Waals surface area contributed by atoms with Gasteiger partial charge in [-0.25, -0.2) is 0 Å². The molecule has 0 spiro atoms. The normalized spacial score (nSPS) is 10.4. The van der Waals surface area contributed by atoms with Gasteiger partial charge >= 0.3 is 5.97 Å². The highest BCUT2D eigenvalue weighted by Gasteiger charge is 2.08. The number of benzene rings is 2. The van der Waals surface area contributed by atoms with Gasteiger partial charge in [-0.3, -0.25) is 9.59 Å². The fourth-order valence-corrected chi connectivity index (χ4v) is 2.18. The van der Waals surface area contributed by atoms with Gasteiger partial charge < -0.3 is 4.74 Å². The lowest BCUT2D eigenvalue weighted by Crippen LogP contribution is -2.05. The van der Waals surface area contributed by atoms with Crippen LogP contribution < -0.4 is 0 Å². The maximum atomic E-state index is 11.4. The van der Waals surface area contributed by atoms with Crippen LogP contribution in [0.2, 0.25) is 0 Å². The number of fused-ring (bicyclic) bond motifs is 1. The minimum atomic E-state index is -0.189. The highest BCUT2D eigenvalue weighted by molar-refractivity contribution is 5.99. The Hall–Kier alpha value is -2.16. The van der Waals surface area contributed by atoms with Crippen molar-refractivity contribution in [3.8, 4) is 0 Å². The molecule has 0 amide bonds. The van der Waals surface area contributed by atoms with Gasteiger partial charge in [-0.05, 0) is 29.7 Å². The Balaban J connectivity index is 2.29. The van der Waals surface area contributed by atoms with Crippen LogP contribution in [-0.4, -0.2) is 18.9 Å². The van der Waals surface area contributed by atoms with Gasteiger partial charge in [0.05, 0.1) is 6.61 Å². The van der Waals surface area contributed by atoms with Crippen LogP contribution in [0.5, 0.6) is 0 Å². The van der Waals surface area contributed by atoms with Crippen molar-refractivity contribution in [3.05, 3.63) is 47.5 Å². The predicted molar refractivity (Wildman–Crippen MR) is 74.3 cm³/mol. The third-order valence-corrected chi connectivity index (χ3v) is 3.08. The lowest BCUT2D eigenvalue weighted by Gasteiger charge is -2.08. The second-order valence-corrected chi connectivity index (χ2v) is 4.28. The Morgan fingerprint density at radius 1 is 1.16 bits per heavy atom. The zero-order valence-corrected chi connectivity index (χ0v) is 10.9. The first-order valence-corrected chi connectivity index (χ1v) is 6.37. The molecule has 0 aliphatic rings. The smallest absolute Gasteiger partial charge is 0.306 e. The topological polar surface area (TPSA) is 43.4 Å². The average molecular weight is 256 g/mol. The molecule has 0 aliphatic carbocycles. The molecule has 2 aromatic rings. The van der Waals surface area contributed by atoms with E-state index in [1.165, 1.54) is 0 Å². The number of ether oxygens (including phenoxy) is 1. The molecule has 0 radical (unpaired) electrons. The van der Waals surface area contributed by atoms with Gasteiger partial charge in [-0.15, -0.1) is 0 Å². The van der Waals surface area contributed by atoms with E-state index in [4.69, 9.17) is 4.74 Å². The fourth-order valence-electron chi connectivity index (χ4n) is 2.18. The van der Waals surface area contributed by atoms with Crippen molar-refractivity contribution in [2.24, 2.45) is 0 Å². The second-order valence-electron chi connectivity index (χ2n) is 4.28. The maximum Gasteiger partial charge on any atom is 0.306 e. The van der Waals surface area contributed by atoms with Crippen LogP contribution in [0.3, 0.4) is 0 Å². The molecule has 98 valence electrons. The van der Waals surface area contributed by atoms with Crippen LogP contribution in [-0.2, 0) is 16.0 Å². The molecule has 0 heterocycles. The number of esters is 1. The predicted octanol–water partition coefficient (Wildman–Crippen LogP) is 3.15. The summed E-state index contributed by atoms with van der Waals surface area (Å²) in [5.74, 6) is -0.189. The number of aldehydes is 1. The van der Waals surface area contributed by atoms with E-state index in [2.05, 4.69) is 0 Å². The molecule has 3 nitrogen and oxygen atoms in total. The van der Waals surface area contributed by atoms with E-state index in [9.17, 15) is 9.59 Å². The quantitative estimate of drug-likeness (QED) is 0.609. The van der Waals surface area contributed by atoms with E-state index < -0.39 is 0 Å². The van der Waals surface area contributed by atoms with Gasteiger partial charge in [-0.1, -0.05) is 36.4 Å². The van der Waals surface area contributed by atoms with Gasteiger partial charge in [0.25, 0.3) is 0 Å². The molecule has 2 aromatic carbocycles. The van der Waals surface area contributed by atoms with E-state index in [1.54, 1.807) is 13.0 Å². The molecule has 0 bridgehead atoms. The van der Waals surface area contributed by atoms with Crippen LogP contribution in [0.25, 0.3) is 10.8 Å². The maximum absolute atomic E-state index is 11.4. The molecule has 0 N–H and O–H groups in total. The molecule has 0 fully saturated rings. The second kappa shape index (κ2) is 6.14. The highest BCUT2D eigenvalue weighted by atomic mass is 16.5. The summed E-state index contributed by atoms with van der Waals surface area (Å²) in [6.45, 7) is 2.20. The van der Waals surface area contributed by atoms with Crippen molar-refractivity contribution in [1.29, 1.82) is 0 Å². The highest BCUT2D eigenvalue weighted by Crippen LogP contribution is 2.23. The van der Waals surface area contributed by atoms with Gasteiger partial charge in [0.15, 0.2) is 6.29 Å². The van der Waals surface area contributed by atoms with Crippen LogP contribution in [0.4, 0.5) is 0 Å². The van der Waals surface area contributed by atoms with Crippen LogP contribution in [0.1, 0.15) is 29.3 Å². The van der Waals surface area contributed by atoms with Crippen molar-refractivity contribution < 1.29 is 14.3 Å². The zero-order chi connectivity index (χ0) is 13.7. The lowest BCUT2D eigenvalue weighted by atomic mass is 9.97. The minimum Gasteiger partial charge on any atom is -0.466 e. The van der Waals surface area contributed by atoms with Crippen molar-refractivity contribution in [1.82, 2.24) is 0 Å². The van der Waals surface area contributed by atoms with E-state index in [-0.39, 0.29) is 5.97 Å². The van der Waals surface area contributed by atoms with E-state index in [0.717, 1.165) is 22.6 Å². The summed E-state index contributed by atoms with van der Waals surface area (Å²) in [5, 5.41) is 1.95. The molecule has 19 heavy (non-hydrogen) atoms. The first-order valence-electron chi connectivity index (χ1n) is 6.37. The molecule has 0 saturated carbocycles. The Kier molecular flexibility index (Phi) is 4.29. The number of hydrogen-bond donors (Lipinski definition) is 0. The first-order chi connectivity index (χ1) is 9.26. The molecular weight excluding hydrogens is 240 g/mol. The summed E-state index contributed by atoms with van der Waals surface area (Å²) < 4.78 is 4.93. The number of aryl methyl sites for hydroxylation is 1. The first kappa shape index (κ1) is 13.3. The standard InChI is InChI=1S/C16H16O3/c1-2-19-16(18)10-9-12-7-8-13(11-17)15-6-4-3-5-14(12)15/h3-8,11H,2,9-10H2,1H3. The van der Waals surface area contributed by atoms with Crippen LogP contribution in [0, 0.1) is 0 Å². The number of carbonyl (C=O) groups is 2. The third-order valence-electron chi connectivity index (χ3n) is 3.08. The number of rotatable bonds is 5. The van der Waals surface area contributed by atoms with E-state index >= 15 is 0 Å². The average Bonchev–Trinajstić information content (AvgIpc) is 2.45. The Morgan fingerprint density at radius 3 is 2.58 bits per heavy atom. The number of carbonyl (C=O) groups excluding carboxylic acids is 2. The van der Waals surface area contributed by atoms with Crippen molar-refractivity contribution in [2.75, 3.05) is 6.61 Å². The molecular formula is C16H16O3. The Labute approximate surface area is 112 Å². The third kappa shape index (κ3) is 2.99. The van der Waals surface area contributed by atoms with Crippen molar-refractivity contribution in [3.63, 3.8) is 0 Å². The molecule has 0 saturated heterocycles. The summed E-state index contributed by atoms with van der Waals surface area (Å²) in [7, 11) is 0. The molecule has 0 aromatic heterocycles. The Morgan fingerprint density at radius 2 is 1.89 bits per heavy atom. The van der Waals surface area contributed by atoms with Crippen LogP contribution in [0.15, 0.2) is 36.4 Å². The minimum absolute atomic E-state index is 0.189. The van der Waals surface area contributed by atoms with E-state index in [1.807, 2.05) is 30.3 Å². The summed E-state index contributed by atoms with van der Waals surface area (Å²) in [6.07, 6.45) is 1.84. The van der Waals surface area contributed by atoms with Gasteiger partial charge in [0.1, 0.15) is 0 Å². The molecule has 0 unspecified atom stereocenters. The molecule has 0 atom stereocenters. The van der Waals surface area contributed by atoms with Crippen LogP contribution >= 0.6 is 0 Å². The van der Waals surface area contributed by atoms with Gasteiger partial charge in [0.2, 0.25) is 0 Å². The van der Waals surface area contributed by atoms with Gasteiger partial charge in [-0.2, -0.15) is 0 Å². The summed E-state index contributed by atoms with van der Waals surface area (Å²) in [6, 6.07) is 11.5. The largest absolute Gasteiger partial charge is 0.466 e. The Bertz CT molecular complexity index is 602. The molecule has 2 rings (SSSR count). The fraction of sp³-hybridized carbons (Fsp3) is 0.250. The summed E-state index contributed by atoms with van der Waals surface area (Å²) >= 11 is 0. The SMILES string of the molecule is CCOC(=O)CCc1ccc(C=O)c2ccccc12. The molecule has 3 heteroatoms. The summed E-state index contributed by atoms with van der Waals surface area (Å²) in [4.78, 5) is 22.4. The van der Waals surface area contributed by atoms with Crippen molar-refractivity contribution in [2.45, 2.75) is 19.8 Å². The lowest BCUT2D eigenvalue weighted by molar-refractivity contribution is -0.143. The monoisotopic (exact) mass is 256 g/mol. The van der Waals surface area contributed by atoms with Gasteiger partial charge in [0, 0.05) is 12.0 Å². The molecule has 0 aliphatic heterocycles. The van der Waals surface area contributed by atoms with E-state index in [0.29, 0.717) is 25.0 Å². The van der Waals surface area contributed by atoms with Crippen molar-refractivity contribution >= 4 is 23.0 Å². The number of hydrogen-bond acceptors (Lipinski definition) is 3. The summed E-state index contributed by atoms with van der Waals surface area (Å²) in [5.41, 5.74) is 1.74. The zero-order valence-electron chi connectivity index (χ0n) is 10.9.